The van der Waals surface area contributed by atoms with E-state index in [1.165, 1.54) is 5.56 Å². The first-order chi connectivity index (χ1) is 7.61. The second-order valence-electron chi connectivity index (χ2n) is 4.27. The molecule has 16 heavy (non-hydrogen) atoms. The zero-order valence-corrected chi connectivity index (χ0v) is 11.4. The van der Waals surface area contributed by atoms with Crippen LogP contribution in [0.4, 0.5) is 5.69 Å². The van der Waals surface area contributed by atoms with Gasteiger partial charge in [-0.2, -0.15) is 0 Å². The van der Waals surface area contributed by atoms with Crippen molar-refractivity contribution < 1.29 is 4.79 Å². The van der Waals surface area contributed by atoms with E-state index in [4.69, 9.17) is 5.73 Å². The summed E-state index contributed by atoms with van der Waals surface area (Å²) in [5.74, 6) is 0.503. The summed E-state index contributed by atoms with van der Waals surface area (Å²) >= 11 is 2.27. The molecular weight excluding hydrogens is 315 g/mol. The standard InChI is InChI=1S/C12H15IN2O/c1-8-2-3-10(13)11(4-8)15-7-9(6-14)5-12(15)16/h2-4,9H,5-7,14H2,1H3. The highest BCUT2D eigenvalue weighted by molar-refractivity contribution is 14.1. The molecule has 1 unspecified atom stereocenters. The lowest BCUT2D eigenvalue weighted by Gasteiger charge is -2.18. The van der Waals surface area contributed by atoms with Gasteiger partial charge in [-0.15, -0.1) is 0 Å². The maximum absolute atomic E-state index is 11.9. The zero-order chi connectivity index (χ0) is 11.7. The molecule has 1 aliphatic heterocycles. The molecule has 1 aromatic rings. The number of benzene rings is 1. The van der Waals surface area contributed by atoms with E-state index in [9.17, 15) is 4.79 Å². The molecule has 0 bridgehead atoms. The van der Waals surface area contributed by atoms with Gasteiger partial charge in [-0.25, -0.2) is 0 Å². The first-order valence-electron chi connectivity index (χ1n) is 5.38. The smallest absolute Gasteiger partial charge is 0.227 e. The molecule has 0 spiro atoms. The van der Waals surface area contributed by atoms with E-state index < -0.39 is 0 Å². The summed E-state index contributed by atoms with van der Waals surface area (Å²) in [6.07, 6.45) is 0.584. The monoisotopic (exact) mass is 330 g/mol. The third-order valence-electron chi connectivity index (χ3n) is 2.93. The van der Waals surface area contributed by atoms with E-state index in [0.29, 0.717) is 18.9 Å². The van der Waals surface area contributed by atoms with Gasteiger partial charge in [0.05, 0.1) is 5.69 Å². The summed E-state index contributed by atoms with van der Waals surface area (Å²) < 4.78 is 1.12. The highest BCUT2D eigenvalue weighted by Gasteiger charge is 2.30. The van der Waals surface area contributed by atoms with Crippen LogP contribution in [0.1, 0.15) is 12.0 Å². The van der Waals surface area contributed by atoms with E-state index in [0.717, 1.165) is 15.8 Å². The van der Waals surface area contributed by atoms with E-state index in [1.807, 2.05) is 17.9 Å². The Labute approximate surface area is 109 Å². The van der Waals surface area contributed by atoms with Gasteiger partial charge in [-0.1, -0.05) is 6.07 Å². The van der Waals surface area contributed by atoms with Crippen LogP contribution in [0.25, 0.3) is 0 Å². The Balaban J connectivity index is 2.30. The molecule has 2 N–H and O–H groups in total. The van der Waals surface area contributed by atoms with E-state index in [1.54, 1.807) is 0 Å². The molecule has 86 valence electrons. The van der Waals surface area contributed by atoms with E-state index in [-0.39, 0.29) is 5.91 Å². The third kappa shape index (κ3) is 2.22. The second-order valence-corrected chi connectivity index (χ2v) is 5.43. The molecule has 2 rings (SSSR count). The normalized spacial score (nSPS) is 20.6. The van der Waals surface area contributed by atoms with Gasteiger partial charge in [0, 0.05) is 16.5 Å². The Morgan fingerprint density at radius 3 is 2.94 bits per heavy atom. The molecule has 1 aromatic carbocycles. The molecule has 1 fully saturated rings. The second kappa shape index (κ2) is 4.71. The number of hydrogen-bond donors (Lipinski definition) is 1. The third-order valence-corrected chi connectivity index (χ3v) is 3.84. The maximum atomic E-state index is 11.9. The minimum atomic E-state index is 0.193. The predicted octanol–water partition coefficient (Wildman–Crippen LogP) is 1.91. The maximum Gasteiger partial charge on any atom is 0.227 e. The Bertz CT molecular complexity index is 419. The fourth-order valence-electron chi connectivity index (χ4n) is 2.00. The Morgan fingerprint density at radius 1 is 1.56 bits per heavy atom. The number of rotatable bonds is 2. The summed E-state index contributed by atoms with van der Waals surface area (Å²) in [4.78, 5) is 13.7. The van der Waals surface area contributed by atoms with Crippen LogP contribution < -0.4 is 10.6 Å². The molecule has 0 aromatic heterocycles. The number of nitrogens with zero attached hydrogens (tertiary/aromatic N) is 1. The lowest BCUT2D eigenvalue weighted by Crippen LogP contribution is -2.26. The Hall–Kier alpha value is -0.620. The lowest BCUT2D eigenvalue weighted by atomic mass is 10.1. The predicted molar refractivity (Wildman–Crippen MR) is 73.4 cm³/mol. The summed E-state index contributed by atoms with van der Waals surface area (Å²) in [5, 5.41) is 0. The van der Waals surface area contributed by atoms with Crippen molar-refractivity contribution >= 4 is 34.2 Å². The van der Waals surface area contributed by atoms with E-state index >= 15 is 0 Å². The fraction of sp³-hybridized carbons (Fsp3) is 0.417. The average molecular weight is 330 g/mol. The molecule has 1 amide bonds. The van der Waals surface area contributed by atoms with Gasteiger partial charge in [0.25, 0.3) is 0 Å². The molecular formula is C12H15IN2O. The summed E-state index contributed by atoms with van der Waals surface area (Å²) in [6.45, 7) is 3.39. The largest absolute Gasteiger partial charge is 0.330 e. The molecule has 3 nitrogen and oxygen atoms in total. The number of aryl methyl sites for hydroxylation is 1. The molecule has 4 heteroatoms. The van der Waals surface area contributed by atoms with Crippen molar-refractivity contribution in [3.63, 3.8) is 0 Å². The lowest BCUT2D eigenvalue weighted by molar-refractivity contribution is -0.117. The van der Waals surface area contributed by atoms with Gasteiger partial charge in [0.15, 0.2) is 0 Å². The van der Waals surface area contributed by atoms with Crippen LogP contribution in [0, 0.1) is 16.4 Å². The van der Waals surface area contributed by atoms with Crippen molar-refractivity contribution in [2.45, 2.75) is 13.3 Å². The van der Waals surface area contributed by atoms with Crippen LogP contribution in [0.5, 0.6) is 0 Å². The van der Waals surface area contributed by atoms with Crippen molar-refractivity contribution in [1.29, 1.82) is 0 Å². The molecule has 1 aliphatic rings. The van der Waals surface area contributed by atoms with Gasteiger partial charge >= 0.3 is 0 Å². The van der Waals surface area contributed by atoms with Gasteiger partial charge in [0.1, 0.15) is 0 Å². The SMILES string of the molecule is Cc1ccc(I)c(N2CC(CN)CC2=O)c1. The van der Waals surface area contributed by atoms with E-state index in [2.05, 4.69) is 34.7 Å². The average Bonchev–Trinajstić information content (AvgIpc) is 2.63. The van der Waals surface area contributed by atoms with Crippen LogP contribution in [-0.4, -0.2) is 19.0 Å². The number of halogens is 1. The first-order valence-corrected chi connectivity index (χ1v) is 6.46. The molecule has 1 atom stereocenters. The van der Waals surface area contributed by atoms with Crippen LogP contribution >= 0.6 is 22.6 Å². The highest BCUT2D eigenvalue weighted by atomic mass is 127. The van der Waals surface area contributed by atoms with Crippen LogP contribution in [0.15, 0.2) is 18.2 Å². The minimum Gasteiger partial charge on any atom is -0.330 e. The van der Waals surface area contributed by atoms with Gasteiger partial charge in [-0.05, 0) is 59.7 Å². The topological polar surface area (TPSA) is 46.3 Å². The number of carbonyl (C=O) groups is 1. The molecule has 0 saturated carbocycles. The minimum absolute atomic E-state index is 0.193. The molecule has 0 aliphatic carbocycles. The fourth-order valence-corrected chi connectivity index (χ4v) is 2.63. The van der Waals surface area contributed by atoms with Crippen molar-refractivity contribution in [2.75, 3.05) is 18.0 Å². The van der Waals surface area contributed by atoms with Crippen LogP contribution in [0.2, 0.25) is 0 Å². The molecule has 1 heterocycles. The van der Waals surface area contributed by atoms with Crippen molar-refractivity contribution in [3.05, 3.63) is 27.3 Å². The van der Waals surface area contributed by atoms with Crippen molar-refractivity contribution in [3.8, 4) is 0 Å². The summed E-state index contributed by atoms with van der Waals surface area (Å²) in [7, 11) is 0. The Kier molecular flexibility index (Phi) is 3.49. The van der Waals surface area contributed by atoms with Crippen LogP contribution in [0.3, 0.4) is 0 Å². The number of carbonyl (C=O) groups excluding carboxylic acids is 1. The highest BCUT2D eigenvalue weighted by Crippen LogP contribution is 2.29. The quantitative estimate of drug-likeness (QED) is 0.842. The summed E-state index contributed by atoms with van der Waals surface area (Å²) in [6, 6.07) is 6.18. The zero-order valence-electron chi connectivity index (χ0n) is 9.24. The number of anilines is 1. The Morgan fingerprint density at radius 2 is 2.31 bits per heavy atom. The first kappa shape index (κ1) is 11.9. The van der Waals surface area contributed by atoms with Gasteiger partial charge < -0.3 is 10.6 Å². The number of amides is 1. The van der Waals surface area contributed by atoms with Gasteiger partial charge in [0.2, 0.25) is 5.91 Å². The number of hydrogen-bond acceptors (Lipinski definition) is 2. The summed E-state index contributed by atoms with van der Waals surface area (Å²) in [5.41, 5.74) is 7.83. The van der Waals surface area contributed by atoms with Crippen molar-refractivity contribution in [1.82, 2.24) is 0 Å². The number of nitrogens with two attached hydrogens (primary N) is 1. The van der Waals surface area contributed by atoms with Crippen molar-refractivity contribution in [2.24, 2.45) is 11.7 Å². The van der Waals surface area contributed by atoms with Gasteiger partial charge in [-0.3, -0.25) is 4.79 Å². The van der Waals surface area contributed by atoms with Crippen LogP contribution in [-0.2, 0) is 4.79 Å². The molecule has 1 saturated heterocycles. The molecule has 0 radical (unpaired) electrons.